The number of hydrogen-bond acceptors (Lipinski definition) is 5. The van der Waals surface area contributed by atoms with Crippen molar-refractivity contribution < 1.29 is 14.7 Å². The molecule has 0 radical (unpaired) electrons. The van der Waals surface area contributed by atoms with Gasteiger partial charge in [0.2, 0.25) is 0 Å². The smallest absolute Gasteiger partial charge is 0.339 e. The molecule has 4 saturated carbocycles. The fourth-order valence-electron chi connectivity index (χ4n) is 7.37. The quantitative estimate of drug-likeness (QED) is 0.538. The molecule has 3 aromatic rings. The number of nitrogens with zero attached hydrogens (tertiary/aromatic N) is 4. The monoisotopic (exact) mass is 473 g/mol. The summed E-state index contributed by atoms with van der Waals surface area (Å²) in [5.41, 5.74) is 2.42. The SMILES string of the molecule is CN(Cc1cn2c(C(=O)NCC34CC5CC(CC(C5)C3)C4)cccc2n1)c1ncccc1C(=O)O. The normalized spacial score (nSPS) is 26.7. The summed E-state index contributed by atoms with van der Waals surface area (Å²) in [5.74, 6) is 1.86. The van der Waals surface area contributed by atoms with E-state index in [0.29, 0.717) is 23.7 Å². The number of amides is 1. The Morgan fingerprint density at radius 2 is 1.83 bits per heavy atom. The highest BCUT2D eigenvalue weighted by atomic mass is 16.4. The van der Waals surface area contributed by atoms with E-state index in [9.17, 15) is 14.7 Å². The number of pyridine rings is 2. The van der Waals surface area contributed by atoms with Gasteiger partial charge in [-0.15, -0.1) is 0 Å². The molecule has 4 aliphatic rings. The summed E-state index contributed by atoms with van der Waals surface area (Å²) >= 11 is 0. The number of carbonyl (C=O) groups excluding carboxylic acids is 1. The molecule has 0 unspecified atom stereocenters. The van der Waals surface area contributed by atoms with E-state index in [4.69, 9.17) is 0 Å². The second-order valence-corrected chi connectivity index (χ2v) is 11.0. The highest BCUT2D eigenvalue weighted by molar-refractivity contribution is 5.93. The van der Waals surface area contributed by atoms with Crippen molar-refractivity contribution in [2.24, 2.45) is 23.2 Å². The lowest BCUT2D eigenvalue weighted by atomic mass is 9.49. The van der Waals surface area contributed by atoms with Crippen molar-refractivity contribution in [3.63, 3.8) is 0 Å². The van der Waals surface area contributed by atoms with Gasteiger partial charge >= 0.3 is 5.97 Å². The molecule has 182 valence electrons. The van der Waals surface area contributed by atoms with Gasteiger partial charge in [-0.3, -0.25) is 9.20 Å². The summed E-state index contributed by atoms with van der Waals surface area (Å²) in [6.07, 6.45) is 11.4. The lowest BCUT2D eigenvalue weighted by Gasteiger charge is -2.56. The summed E-state index contributed by atoms with van der Waals surface area (Å²) in [6, 6.07) is 8.72. The van der Waals surface area contributed by atoms with Crippen LogP contribution >= 0.6 is 0 Å². The summed E-state index contributed by atoms with van der Waals surface area (Å²) in [6.45, 7) is 1.13. The van der Waals surface area contributed by atoms with Crippen LogP contribution in [-0.4, -0.2) is 44.9 Å². The molecule has 0 aromatic carbocycles. The third kappa shape index (κ3) is 4.05. The van der Waals surface area contributed by atoms with Gasteiger partial charge in [0.05, 0.1) is 12.2 Å². The van der Waals surface area contributed by atoms with E-state index in [1.807, 2.05) is 28.8 Å². The first-order valence-electron chi connectivity index (χ1n) is 12.5. The summed E-state index contributed by atoms with van der Waals surface area (Å²) in [7, 11) is 1.79. The van der Waals surface area contributed by atoms with Crippen molar-refractivity contribution in [1.29, 1.82) is 0 Å². The third-order valence-corrected chi connectivity index (χ3v) is 8.34. The molecular weight excluding hydrogens is 442 g/mol. The van der Waals surface area contributed by atoms with E-state index >= 15 is 0 Å². The Bertz CT molecular complexity index is 1260. The third-order valence-electron chi connectivity index (χ3n) is 8.34. The predicted molar refractivity (Wildman–Crippen MR) is 131 cm³/mol. The molecule has 7 rings (SSSR count). The summed E-state index contributed by atoms with van der Waals surface area (Å²) in [4.78, 5) is 35.5. The average Bonchev–Trinajstić information content (AvgIpc) is 3.24. The van der Waals surface area contributed by atoms with Gasteiger partial charge < -0.3 is 15.3 Å². The van der Waals surface area contributed by atoms with Crippen LogP contribution in [0.1, 0.15) is 65.1 Å². The summed E-state index contributed by atoms with van der Waals surface area (Å²) < 4.78 is 1.83. The molecule has 3 aromatic heterocycles. The molecule has 0 saturated heterocycles. The number of carbonyl (C=O) groups is 2. The molecule has 0 aliphatic heterocycles. The van der Waals surface area contributed by atoms with Crippen LogP contribution < -0.4 is 10.2 Å². The molecule has 0 atom stereocenters. The Kier molecular flexibility index (Phi) is 5.27. The Hall–Kier alpha value is -3.42. The van der Waals surface area contributed by atoms with Gasteiger partial charge in [-0.05, 0) is 86.0 Å². The Morgan fingerprint density at radius 1 is 1.11 bits per heavy atom. The maximum atomic E-state index is 13.3. The van der Waals surface area contributed by atoms with Crippen LogP contribution in [0.2, 0.25) is 0 Å². The highest BCUT2D eigenvalue weighted by Gasteiger charge is 2.50. The average molecular weight is 474 g/mol. The van der Waals surface area contributed by atoms with E-state index in [1.54, 1.807) is 24.2 Å². The first-order chi connectivity index (χ1) is 16.9. The van der Waals surface area contributed by atoms with Gasteiger partial charge in [0, 0.05) is 26.0 Å². The highest BCUT2D eigenvalue weighted by Crippen LogP contribution is 2.59. The van der Waals surface area contributed by atoms with E-state index < -0.39 is 5.97 Å². The van der Waals surface area contributed by atoms with Gasteiger partial charge in [-0.1, -0.05) is 6.07 Å². The number of anilines is 1. The number of rotatable bonds is 7. The van der Waals surface area contributed by atoms with Crippen molar-refractivity contribution in [3.05, 3.63) is 59.7 Å². The minimum atomic E-state index is -1.02. The zero-order chi connectivity index (χ0) is 24.2. The van der Waals surface area contributed by atoms with Crippen molar-refractivity contribution in [1.82, 2.24) is 19.7 Å². The van der Waals surface area contributed by atoms with Gasteiger partial charge in [-0.2, -0.15) is 0 Å². The standard InChI is InChI=1S/C27H31N5O3/c1-31(24-21(26(34)35)4-3-7-28-24)14-20-15-32-22(5-2-6-23(32)30-20)25(33)29-16-27-11-17-8-18(12-27)10-19(9-17)13-27/h2-7,15,17-19H,8-14,16H2,1H3,(H,29,33)(H,34,35). The van der Waals surface area contributed by atoms with Crippen LogP contribution in [0.25, 0.3) is 5.65 Å². The Morgan fingerprint density at radius 3 is 2.51 bits per heavy atom. The molecule has 8 nitrogen and oxygen atoms in total. The van der Waals surface area contributed by atoms with Crippen LogP contribution in [0.5, 0.6) is 0 Å². The van der Waals surface area contributed by atoms with E-state index in [1.165, 1.54) is 44.6 Å². The second-order valence-electron chi connectivity index (χ2n) is 11.0. The van der Waals surface area contributed by atoms with Gasteiger partial charge in [0.1, 0.15) is 22.7 Å². The maximum absolute atomic E-state index is 13.3. The number of hydrogen-bond donors (Lipinski definition) is 2. The molecule has 0 spiro atoms. The number of carboxylic acids is 1. The minimum Gasteiger partial charge on any atom is -0.478 e. The molecule has 35 heavy (non-hydrogen) atoms. The number of nitrogens with one attached hydrogen (secondary N) is 1. The fraction of sp³-hybridized carbons (Fsp3) is 0.481. The molecule has 4 fully saturated rings. The van der Waals surface area contributed by atoms with Crippen LogP contribution in [0.4, 0.5) is 5.82 Å². The zero-order valence-electron chi connectivity index (χ0n) is 20.0. The van der Waals surface area contributed by atoms with Gasteiger partial charge in [0.25, 0.3) is 5.91 Å². The topological polar surface area (TPSA) is 99.8 Å². The van der Waals surface area contributed by atoms with Crippen LogP contribution in [0.3, 0.4) is 0 Å². The molecule has 3 heterocycles. The Balaban J connectivity index is 1.19. The molecule has 1 amide bonds. The largest absolute Gasteiger partial charge is 0.478 e. The molecule has 4 bridgehead atoms. The molecule has 4 aliphatic carbocycles. The molecule has 8 heteroatoms. The number of fused-ring (bicyclic) bond motifs is 1. The van der Waals surface area contributed by atoms with Crippen LogP contribution in [0.15, 0.2) is 42.7 Å². The first kappa shape index (κ1) is 22.1. The predicted octanol–water partition coefficient (Wildman–Crippen LogP) is 4.01. The van der Waals surface area contributed by atoms with Crippen LogP contribution in [-0.2, 0) is 6.54 Å². The second kappa shape index (κ2) is 8.36. The van der Waals surface area contributed by atoms with Gasteiger partial charge in [0.15, 0.2) is 0 Å². The van der Waals surface area contributed by atoms with Crippen molar-refractivity contribution in [3.8, 4) is 0 Å². The van der Waals surface area contributed by atoms with E-state index in [-0.39, 0.29) is 16.9 Å². The lowest BCUT2D eigenvalue weighted by Crippen LogP contribution is -2.51. The first-order valence-corrected chi connectivity index (χ1v) is 12.5. The fourth-order valence-corrected chi connectivity index (χ4v) is 7.37. The van der Waals surface area contributed by atoms with Crippen molar-refractivity contribution in [2.75, 3.05) is 18.5 Å². The summed E-state index contributed by atoms with van der Waals surface area (Å²) in [5, 5.41) is 12.7. The molecular formula is C27H31N5O3. The number of carboxylic acid groups (broad SMARTS) is 1. The number of aromatic carboxylic acids is 1. The van der Waals surface area contributed by atoms with Crippen LogP contribution in [0, 0.1) is 23.2 Å². The van der Waals surface area contributed by atoms with Gasteiger partial charge in [-0.25, -0.2) is 14.8 Å². The zero-order valence-corrected chi connectivity index (χ0v) is 20.0. The lowest BCUT2D eigenvalue weighted by molar-refractivity contribution is -0.0503. The maximum Gasteiger partial charge on any atom is 0.339 e. The number of imidazole rings is 1. The van der Waals surface area contributed by atoms with E-state index in [0.717, 1.165) is 30.0 Å². The van der Waals surface area contributed by atoms with Crippen molar-refractivity contribution >= 4 is 23.3 Å². The van der Waals surface area contributed by atoms with Crippen molar-refractivity contribution in [2.45, 2.75) is 45.1 Å². The Labute approximate surface area is 204 Å². The number of aromatic nitrogens is 3. The van der Waals surface area contributed by atoms with E-state index in [2.05, 4.69) is 15.3 Å². The minimum absolute atomic E-state index is 0.0680. The molecule has 2 N–H and O–H groups in total.